The molecule has 0 fully saturated rings. The van der Waals surface area contributed by atoms with Gasteiger partial charge in [-0.25, -0.2) is 4.99 Å². The van der Waals surface area contributed by atoms with E-state index in [4.69, 9.17) is 4.42 Å². The monoisotopic (exact) mass is 395 g/mol. The zero-order valence-electron chi connectivity index (χ0n) is 15.2. The Morgan fingerprint density at radius 3 is 2.82 bits per heavy atom. The third-order valence-electron chi connectivity index (χ3n) is 4.36. The summed E-state index contributed by atoms with van der Waals surface area (Å²) < 4.78 is 6.52. The van der Waals surface area contributed by atoms with Crippen LogP contribution in [0.25, 0.3) is 10.6 Å². The molecular formula is C19H17N5O3S. The van der Waals surface area contributed by atoms with Gasteiger partial charge in [-0.3, -0.25) is 9.59 Å². The van der Waals surface area contributed by atoms with E-state index in [1.165, 1.54) is 22.3 Å². The minimum absolute atomic E-state index is 0.129. The highest BCUT2D eigenvalue weighted by Crippen LogP contribution is 2.27. The third kappa shape index (κ3) is 3.31. The lowest BCUT2D eigenvalue weighted by molar-refractivity contribution is -0.119. The van der Waals surface area contributed by atoms with Crippen LogP contribution >= 0.6 is 11.3 Å². The van der Waals surface area contributed by atoms with Crippen molar-refractivity contribution in [2.24, 2.45) is 15.9 Å². The molecule has 28 heavy (non-hydrogen) atoms. The number of aromatic nitrogens is 2. The number of nitrogens with zero attached hydrogens (tertiary/aromatic N) is 4. The van der Waals surface area contributed by atoms with Crippen LogP contribution in [0.3, 0.4) is 0 Å². The summed E-state index contributed by atoms with van der Waals surface area (Å²) in [5, 5.41) is 9.22. The number of anilines is 1. The summed E-state index contributed by atoms with van der Waals surface area (Å²) in [4.78, 5) is 34.3. The maximum atomic E-state index is 12.4. The van der Waals surface area contributed by atoms with Gasteiger partial charge in [-0.05, 0) is 36.9 Å². The number of hydrogen-bond donors (Lipinski definition) is 1. The van der Waals surface area contributed by atoms with Gasteiger partial charge < -0.3 is 9.73 Å². The van der Waals surface area contributed by atoms with Crippen molar-refractivity contribution in [2.75, 3.05) is 5.32 Å². The lowest BCUT2D eigenvalue weighted by atomic mass is 10.00. The topological polar surface area (TPSA) is 102 Å². The number of rotatable bonds is 4. The molecule has 3 aromatic heterocycles. The van der Waals surface area contributed by atoms with Gasteiger partial charge in [-0.1, -0.05) is 13.0 Å². The van der Waals surface area contributed by atoms with Crippen LogP contribution in [0.5, 0.6) is 0 Å². The van der Waals surface area contributed by atoms with Gasteiger partial charge in [0.05, 0.1) is 17.1 Å². The third-order valence-corrected chi connectivity index (χ3v) is 5.25. The lowest BCUT2D eigenvalue weighted by Gasteiger charge is -2.17. The quantitative estimate of drug-likeness (QED) is 0.728. The van der Waals surface area contributed by atoms with Crippen LogP contribution < -0.4 is 5.32 Å². The number of carbonyl (C=O) groups excluding carboxylic acids is 2. The molecule has 4 heterocycles. The van der Waals surface area contributed by atoms with Crippen molar-refractivity contribution in [1.82, 2.24) is 9.78 Å². The average Bonchev–Trinajstić information content (AvgIpc) is 3.42. The molecular weight excluding hydrogens is 378 g/mol. The first kappa shape index (κ1) is 18.1. The van der Waals surface area contributed by atoms with Crippen LogP contribution in [-0.2, 0) is 4.79 Å². The standard InChI is InChI=1S/C19H17N5O3S/c1-3-12-11(2)20-19(22-17(12)25)24-16(21-18(26)14-6-4-8-27-14)10-13(23-24)15-7-5-9-28-15/h4-10,12H,3H2,1-2H3,(H,21,26). The molecule has 1 unspecified atom stereocenters. The molecule has 4 rings (SSSR count). The minimum atomic E-state index is -0.432. The van der Waals surface area contributed by atoms with Gasteiger partial charge >= 0.3 is 0 Å². The van der Waals surface area contributed by atoms with Gasteiger partial charge in [0.15, 0.2) is 5.76 Å². The fraction of sp³-hybridized carbons (Fsp3) is 0.211. The Hall–Kier alpha value is -3.33. The Morgan fingerprint density at radius 1 is 1.32 bits per heavy atom. The summed E-state index contributed by atoms with van der Waals surface area (Å²) in [5.74, 6) is -0.372. The average molecular weight is 395 g/mol. The fourth-order valence-electron chi connectivity index (χ4n) is 2.93. The summed E-state index contributed by atoms with van der Waals surface area (Å²) in [6.07, 6.45) is 2.05. The Morgan fingerprint density at radius 2 is 2.18 bits per heavy atom. The fourth-order valence-corrected chi connectivity index (χ4v) is 3.61. The second-order valence-electron chi connectivity index (χ2n) is 6.20. The molecule has 2 amide bonds. The molecule has 1 atom stereocenters. The second-order valence-corrected chi connectivity index (χ2v) is 7.15. The first-order valence-corrected chi connectivity index (χ1v) is 9.61. The van der Waals surface area contributed by atoms with E-state index < -0.39 is 5.91 Å². The molecule has 1 N–H and O–H groups in total. The number of thiophene rings is 1. The number of aliphatic imine (C=N–C) groups is 2. The van der Waals surface area contributed by atoms with Crippen LogP contribution in [0.1, 0.15) is 30.8 Å². The summed E-state index contributed by atoms with van der Waals surface area (Å²) in [7, 11) is 0. The highest BCUT2D eigenvalue weighted by molar-refractivity contribution is 7.13. The van der Waals surface area contributed by atoms with E-state index in [9.17, 15) is 9.59 Å². The molecule has 0 bridgehead atoms. The van der Waals surface area contributed by atoms with Gasteiger partial charge in [-0.2, -0.15) is 14.8 Å². The predicted octanol–water partition coefficient (Wildman–Crippen LogP) is 3.69. The number of amides is 2. The molecule has 0 saturated carbocycles. The number of nitrogens with one attached hydrogen (secondary N) is 1. The maximum Gasteiger partial charge on any atom is 0.292 e. The summed E-state index contributed by atoms with van der Waals surface area (Å²) in [5.41, 5.74) is 1.32. The van der Waals surface area contributed by atoms with Crippen LogP contribution in [-0.4, -0.2) is 33.3 Å². The molecule has 9 heteroatoms. The van der Waals surface area contributed by atoms with Crippen molar-refractivity contribution in [3.8, 4) is 10.6 Å². The van der Waals surface area contributed by atoms with Crippen LogP contribution in [0.4, 0.5) is 5.82 Å². The van der Waals surface area contributed by atoms with E-state index >= 15 is 0 Å². The van der Waals surface area contributed by atoms with Crippen LogP contribution in [0, 0.1) is 5.92 Å². The molecule has 1 aliphatic rings. The molecule has 8 nitrogen and oxygen atoms in total. The predicted molar refractivity (Wildman–Crippen MR) is 107 cm³/mol. The Bertz CT molecular complexity index is 1080. The zero-order valence-corrected chi connectivity index (χ0v) is 16.1. The van der Waals surface area contributed by atoms with Gasteiger partial charge in [0, 0.05) is 11.8 Å². The van der Waals surface area contributed by atoms with Crippen molar-refractivity contribution in [3.63, 3.8) is 0 Å². The van der Waals surface area contributed by atoms with Crippen LogP contribution in [0.2, 0.25) is 0 Å². The largest absolute Gasteiger partial charge is 0.459 e. The van der Waals surface area contributed by atoms with Crippen molar-refractivity contribution < 1.29 is 14.0 Å². The first-order valence-electron chi connectivity index (χ1n) is 8.73. The molecule has 0 saturated heterocycles. The van der Waals surface area contributed by atoms with E-state index in [0.717, 1.165) is 4.88 Å². The normalized spacial score (nSPS) is 16.6. The minimum Gasteiger partial charge on any atom is -0.459 e. The van der Waals surface area contributed by atoms with E-state index in [-0.39, 0.29) is 23.5 Å². The van der Waals surface area contributed by atoms with E-state index in [1.54, 1.807) is 25.1 Å². The lowest BCUT2D eigenvalue weighted by Crippen LogP contribution is -2.30. The SMILES string of the molecule is CCC1C(=O)N=C(n2nc(-c3cccs3)cc2NC(=O)c2ccco2)N=C1C. The molecule has 0 radical (unpaired) electrons. The Labute approximate surface area is 164 Å². The highest BCUT2D eigenvalue weighted by atomic mass is 32.1. The molecule has 142 valence electrons. The first-order chi connectivity index (χ1) is 13.6. The van der Waals surface area contributed by atoms with Crippen molar-refractivity contribution in [2.45, 2.75) is 20.3 Å². The van der Waals surface area contributed by atoms with Crippen molar-refractivity contribution >= 4 is 40.6 Å². The maximum absolute atomic E-state index is 12.4. The van der Waals surface area contributed by atoms with Gasteiger partial charge in [0.2, 0.25) is 0 Å². The van der Waals surface area contributed by atoms with E-state index in [2.05, 4.69) is 20.4 Å². The number of hydrogen-bond acceptors (Lipinski definition) is 6. The molecule has 3 aromatic rings. The van der Waals surface area contributed by atoms with E-state index in [0.29, 0.717) is 23.6 Å². The zero-order chi connectivity index (χ0) is 19.7. The molecule has 1 aliphatic heterocycles. The Kier molecular flexibility index (Phi) is 4.74. The molecule has 0 aromatic carbocycles. The highest BCUT2D eigenvalue weighted by Gasteiger charge is 2.27. The molecule has 0 aliphatic carbocycles. The number of furan rings is 1. The van der Waals surface area contributed by atoms with Gasteiger partial charge in [-0.15, -0.1) is 11.3 Å². The van der Waals surface area contributed by atoms with E-state index in [1.807, 2.05) is 24.4 Å². The Balaban J connectivity index is 1.75. The summed E-state index contributed by atoms with van der Waals surface area (Å²) in [6.45, 7) is 3.71. The molecule has 0 spiro atoms. The van der Waals surface area contributed by atoms with Crippen molar-refractivity contribution in [1.29, 1.82) is 0 Å². The summed E-state index contributed by atoms with van der Waals surface area (Å²) in [6, 6.07) is 8.75. The number of carbonyl (C=O) groups is 2. The smallest absolute Gasteiger partial charge is 0.292 e. The van der Waals surface area contributed by atoms with Crippen LogP contribution in [0.15, 0.2) is 56.4 Å². The van der Waals surface area contributed by atoms with Gasteiger partial charge in [0.25, 0.3) is 17.8 Å². The second kappa shape index (κ2) is 7.35. The van der Waals surface area contributed by atoms with Gasteiger partial charge in [0.1, 0.15) is 11.5 Å². The van der Waals surface area contributed by atoms with Crippen molar-refractivity contribution in [3.05, 3.63) is 47.7 Å². The summed E-state index contributed by atoms with van der Waals surface area (Å²) >= 11 is 1.52.